The zero-order valence-electron chi connectivity index (χ0n) is 11.2. The number of anilines is 1. The summed E-state index contributed by atoms with van der Waals surface area (Å²) in [6.45, 7) is 2.26. The zero-order chi connectivity index (χ0) is 14.5. The molecule has 0 saturated heterocycles. The predicted octanol–water partition coefficient (Wildman–Crippen LogP) is 3.32. The van der Waals surface area contributed by atoms with Crippen molar-refractivity contribution in [2.24, 2.45) is 0 Å². The number of nitro benzene ring substituents is 1. The minimum Gasteiger partial charge on any atom is -0.489 e. The highest BCUT2D eigenvalue weighted by atomic mass is 16.6. The number of rotatable bonds is 5. The molecule has 0 saturated carbocycles. The van der Waals surface area contributed by atoms with Crippen LogP contribution in [0.5, 0.6) is 5.75 Å². The van der Waals surface area contributed by atoms with Crippen LogP contribution < -0.4 is 10.5 Å². The summed E-state index contributed by atoms with van der Waals surface area (Å²) >= 11 is 0. The number of ether oxygens (including phenoxy) is 1. The predicted molar refractivity (Wildman–Crippen MR) is 77.7 cm³/mol. The van der Waals surface area contributed by atoms with Gasteiger partial charge in [0, 0.05) is 11.6 Å². The van der Waals surface area contributed by atoms with E-state index in [4.69, 9.17) is 10.5 Å². The van der Waals surface area contributed by atoms with Crippen LogP contribution in [0.1, 0.15) is 18.1 Å². The Morgan fingerprint density at radius 1 is 1.15 bits per heavy atom. The molecular formula is C15H16N2O3. The average molecular weight is 272 g/mol. The molecule has 5 nitrogen and oxygen atoms in total. The molecule has 0 unspecified atom stereocenters. The Bertz CT molecular complexity index is 626. The van der Waals surface area contributed by atoms with E-state index in [0.717, 1.165) is 17.7 Å². The second-order valence-electron chi connectivity index (χ2n) is 4.36. The largest absolute Gasteiger partial charge is 0.489 e. The van der Waals surface area contributed by atoms with Gasteiger partial charge in [0.2, 0.25) is 0 Å². The molecule has 0 aliphatic carbocycles. The molecule has 0 heterocycles. The van der Waals surface area contributed by atoms with Crippen molar-refractivity contribution in [2.75, 3.05) is 5.73 Å². The van der Waals surface area contributed by atoms with Gasteiger partial charge in [0.25, 0.3) is 5.69 Å². The second kappa shape index (κ2) is 6.06. The fourth-order valence-electron chi connectivity index (χ4n) is 1.98. The maximum atomic E-state index is 10.8. The van der Waals surface area contributed by atoms with E-state index in [2.05, 4.69) is 0 Å². The monoisotopic (exact) mass is 272 g/mol. The van der Waals surface area contributed by atoms with Crippen LogP contribution in [0.2, 0.25) is 0 Å². The summed E-state index contributed by atoms with van der Waals surface area (Å²) in [5.74, 6) is 0.779. The molecule has 0 radical (unpaired) electrons. The van der Waals surface area contributed by atoms with E-state index in [1.807, 2.05) is 31.2 Å². The topological polar surface area (TPSA) is 78.4 Å². The minimum absolute atomic E-state index is 0.0881. The molecule has 20 heavy (non-hydrogen) atoms. The SMILES string of the molecule is CCc1ccccc1OCc1cccc([N+](=O)[O-])c1N. The van der Waals surface area contributed by atoms with E-state index in [-0.39, 0.29) is 18.0 Å². The third-order valence-electron chi connectivity index (χ3n) is 3.11. The summed E-state index contributed by atoms with van der Waals surface area (Å²) in [5.41, 5.74) is 7.58. The Labute approximate surface area is 117 Å². The van der Waals surface area contributed by atoms with Crippen LogP contribution in [0.3, 0.4) is 0 Å². The first-order chi connectivity index (χ1) is 9.63. The standard InChI is InChI=1S/C15H16N2O3/c1-2-11-6-3-4-9-14(11)20-10-12-7-5-8-13(15(12)16)17(18)19/h3-9H,2,10,16H2,1H3. The van der Waals surface area contributed by atoms with Crippen molar-refractivity contribution in [3.63, 3.8) is 0 Å². The van der Waals surface area contributed by atoms with Crippen molar-refractivity contribution in [2.45, 2.75) is 20.0 Å². The number of nitrogens with zero attached hydrogens (tertiary/aromatic N) is 1. The molecule has 2 rings (SSSR count). The zero-order valence-corrected chi connectivity index (χ0v) is 11.2. The van der Waals surface area contributed by atoms with Gasteiger partial charge >= 0.3 is 0 Å². The summed E-state index contributed by atoms with van der Waals surface area (Å²) < 4.78 is 5.73. The first-order valence-electron chi connectivity index (χ1n) is 6.36. The summed E-state index contributed by atoms with van der Waals surface area (Å²) in [7, 11) is 0. The van der Waals surface area contributed by atoms with Gasteiger partial charge in [-0.2, -0.15) is 0 Å². The molecule has 2 N–H and O–H groups in total. The van der Waals surface area contributed by atoms with E-state index in [1.165, 1.54) is 6.07 Å². The van der Waals surface area contributed by atoms with Gasteiger partial charge in [-0.3, -0.25) is 10.1 Å². The smallest absolute Gasteiger partial charge is 0.292 e. The van der Waals surface area contributed by atoms with Gasteiger partial charge < -0.3 is 10.5 Å². The fraction of sp³-hybridized carbons (Fsp3) is 0.200. The van der Waals surface area contributed by atoms with Gasteiger partial charge in [0.05, 0.1) is 4.92 Å². The van der Waals surface area contributed by atoms with Crippen molar-refractivity contribution in [3.05, 3.63) is 63.7 Å². The molecule has 0 aromatic heterocycles. The molecule has 0 spiro atoms. The minimum atomic E-state index is -0.487. The molecule has 104 valence electrons. The summed E-state index contributed by atoms with van der Waals surface area (Å²) in [6.07, 6.45) is 0.862. The molecular weight excluding hydrogens is 256 g/mol. The van der Waals surface area contributed by atoms with Gasteiger partial charge in [-0.05, 0) is 18.1 Å². The van der Waals surface area contributed by atoms with Gasteiger partial charge in [-0.1, -0.05) is 37.3 Å². The Morgan fingerprint density at radius 2 is 1.85 bits per heavy atom. The Hall–Kier alpha value is -2.56. The number of nitrogen functional groups attached to an aromatic ring is 1. The first-order valence-corrected chi connectivity index (χ1v) is 6.36. The van der Waals surface area contributed by atoms with E-state index in [0.29, 0.717) is 5.56 Å². The van der Waals surface area contributed by atoms with Crippen molar-refractivity contribution in [1.82, 2.24) is 0 Å². The van der Waals surface area contributed by atoms with Crippen LogP contribution in [0.4, 0.5) is 11.4 Å². The lowest BCUT2D eigenvalue weighted by atomic mass is 10.1. The normalized spacial score (nSPS) is 10.2. The fourth-order valence-corrected chi connectivity index (χ4v) is 1.98. The summed E-state index contributed by atoms with van der Waals surface area (Å²) in [6, 6.07) is 12.5. The lowest BCUT2D eigenvalue weighted by Gasteiger charge is -2.11. The molecule has 2 aromatic carbocycles. The van der Waals surface area contributed by atoms with Gasteiger partial charge in [0.15, 0.2) is 0 Å². The second-order valence-corrected chi connectivity index (χ2v) is 4.36. The van der Waals surface area contributed by atoms with Crippen LogP contribution in [-0.4, -0.2) is 4.92 Å². The Balaban J connectivity index is 2.19. The van der Waals surface area contributed by atoms with Crippen LogP contribution in [-0.2, 0) is 13.0 Å². The maximum absolute atomic E-state index is 10.8. The van der Waals surface area contributed by atoms with Gasteiger partial charge in [-0.15, -0.1) is 0 Å². The highest BCUT2D eigenvalue weighted by molar-refractivity contribution is 5.62. The number of nitro groups is 1. The summed E-state index contributed by atoms with van der Waals surface area (Å²) in [4.78, 5) is 10.3. The Kier molecular flexibility index (Phi) is 4.20. The van der Waals surface area contributed by atoms with Crippen molar-refractivity contribution < 1.29 is 9.66 Å². The average Bonchev–Trinajstić information content (AvgIpc) is 2.46. The van der Waals surface area contributed by atoms with Crippen molar-refractivity contribution >= 4 is 11.4 Å². The number of hydrogen-bond donors (Lipinski definition) is 1. The lowest BCUT2D eigenvalue weighted by Crippen LogP contribution is -2.04. The number of nitrogens with two attached hydrogens (primary N) is 1. The third kappa shape index (κ3) is 2.88. The molecule has 5 heteroatoms. The van der Waals surface area contributed by atoms with Crippen LogP contribution >= 0.6 is 0 Å². The molecule has 0 amide bonds. The third-order valence-corrected chi connectivity index (χ3v) is 3.11. The molecule has 0 atom stereocenters. The number of hydrogen-bond acceptors (Lipinski definition) is 4. The first kappa shape index (κ1) is 13.9. The van der Waals surface area contributed by atoms with Crippen LogP contribution in [0.25, 0.3) is 0 Å². The van der Waals surface area contributed by atoms with E-state index in [9.17, 15) is 10.1 Å². The van der Waals surface area contributed by atoms with E-state index < -0.39 is 4.92 Å². The molecule has 0 fully saturated rings. The van der Waals surface area contributed by atoms with Crippen LogP contribution in [0, 0.1) is 10.1 Å². The Morgan fingerprint density at radius 3 is 2.55 bits per heavy atom. The maximum Gasteiger partial charge on any atom is 0.292 e. The highest BCUT2D eigenvalue weighted by Crippen LogP contribution is 2.26. The number of aryl methyl sites for hydroxylation is 1. The molecule has 0 bridgehead atoms. The van der Waals surface area contributed by atoms with E-state index >= 15 is 0 Å². The van der Waals surface area contributed by atoms with Crippen molar-refractivity contribution in [3.8, 4) is 5.75 Å². The number of para-hydroxylation sites is 2. The lowest BCUT2D eigenvalue weighted by molar-refractivity contribution is -0.384. The van der Waals surface area contributed by atoms with Crippen LogP contribution in [0.15, 0.2) is 42.5 Å². The molecule has 0 aliphatic rings. The summed E-state index contributed by atoms with van der Waals surface area (Å²) in [5, 5.41) is 10.8. The van der Waals surface area contributed by atoms with Gasteiger partial charge in [-0.25, -0.2) is 0 Å². The van der Waals surface area contributed by atoms with E-state index in [1.54, 1.807) is 12.1 Å². The van der Waals surface area contributed by atoms with Crippen molar-refractivity contribution in [1.29, 1.82) is 0 Å². The number of benzene rings is 2. The molecule has 0 aliphatic heterocycles. The van der Waals surface area contributed by atoms with Gasteiger partial charge in [0.1, 0.15) is 18.0 Å². The quantitative estimate of drug-likeness (QED) is 0.514. The highest BCUT2D eigenvalue weighted by Gasteiger charge is 2.14. The molecule has 2 aromatic rings.